The molecule has 1 aromatic heterocycles. The molecule has 1 N–H and O–H groups in total. The predicted octanol–water partition coefficient (Wildman–Crippen LogP) is 4.31. The van der Waals surface area contributed by atoms with Crippen LogP contribution in [-0.2, 0) is 13.0 Å². The molecule has 1 aromatic carbocycles. The maximum absolute atomic E-state index is 12.0. The van der Waals surface area contributed by atoms with Crippen LogP contribution in [0.5, 0.6) is 0 Å². The van der Waals surface area contributed by atoms with Gasteiger partial charge in [-0.25, -0.2) is 0 Å². The number of rotatable bonds is 4. The van der Waals surface area contributed by atoms with E-state index in [4.69, 9.17) is 0 Å². The van der Waals surface area contributed by atoms with Gasteiger partial charge >= 0.3 is 0 Å². The molecular weight excluding hydrogens is 322 g/mol. The lowest BCUT2D eigenvalue weighted by Crippen LogP contribution is -2.22. The van der Waals surface area contributed by atoms with Gasteiger partial charge in [-0.05, 0) is 43.2 Å². The Morgan fingerprint density at radius 3 is 2.63 bits per heavy atom. The van der Waals surface area contributed by atoms with Crippen molar-refractivity contribution >= 4 is 33.2 Å². The van der Waals surface area contributed by atoms with E-state index in [0.29, 0.717) is 12.1 Å². The Balaban J connectivity index is 1.99. The highest BCUT2D eigenvalue weighted by Crippen LogP contribution is 2.19. The van der Waals surface area contributed by atoms with E-state index < -0.39 is 0 Å². The van der Waals surface area contributed by atoms with Crippen LogP contribution in [0.25, 0.3) is 0 Å². The van der Waals surface area contributed by atoms with Gasteiger partial charge in [0.25, 0.3) is 5.91 Å². The molecule has 19 heavy (non-hydrogen) atoms. The van der Waals surface area contributed by atoms with Gasteiger partial charge in [0.1, 0.15) is 0 Å². The van der Waals surface area contributed by atoms with E-state index in [9.17, 15) is 4.79 Å². The van der Waals surface area contributed by atoms with Crippen LogP contribution in [0.1, 0.15) is 32.6 Å². The molecule has 0 bridgehead atoms. The van der Waals surface area contributed by atoms with Crippen molar-refractivity contribution in [2.75, 3.05) is 0 Å². The van der Waals surface area contributed by atoms with Crippen LogP contribution in [0.4, 0.5) is 0 Å². The normalized spacial score (nSPS) is 10.5. The summed E-state index contributed by atoms with van der Waals surface area (Å²) < 4.78 is 0.963. The monoisotopic (exact) mass is 337 g/mol. The van der Waals surface area contributed by atoms with Crippen molar-refractivity contribution < 1.29 is 4.79 Å². The van der Waals surface area contributed by atoms with Gasteiger partial charge in [-0.3, -0.25) is 4.79 Å². The minimum absolute atomic E-state index is 0.0350. The molecule has 0 aliphatic rings. The number of carbonyl (C=O) groups excluding carboxylic acids is 1. The molecule has 0 radical (unpaired) electrons. The summed E-state index contributed by atoms with van der Waals surface area (Å²) >= 11 is 5.20. The summed E-state index contributed by atoms with van der Waals surface area (Å²) in [7, 11) is 0. The van der Waals surface area contributed by atoms with Gasteiger partial charge in [-0.2, -0.15) is 0 Å². The molecular formula is C15H16BrNOS. The molecule has 0 fully saturated rings. The van der Waals surface area contributed by atoms with Gasteiger partial charge in [0.05, 0.1) is 6.54 Å². The summed E-state index contributed by atoms with van der Waals surface area (Å²) in [6.07, 6.45) is 1.05. The molecule has 0 atom stereocenters. The summed E-state index contributed by atoms with van der Waals surface area (Å²) in [4.78, 5) is 14.6. The fourth-order valence-electron chi connectivity index (χ4n) is 1.71. The second kappa shape index (κ2) is 6.35. The third-order valence-electron chi connectivity index (χ3n) is 2.92. The van der Waals surface area contributed by atoms with Gasteiger partial charge in [0, 0.05) is 19.8 Å². The molecule has 2 nitrogen and oxygen atoms in total. The zero-order valence-corrected chi connectivity index (χ0v) is 13.4. The summed E-state index contributed by atoms with van der Waals surface area (Å²) in [5.74, 6) is -0.0350. The maximum Gasteiger partial charge on any atom is 0.251 e. The highest BCUT2D eigenvalue weighted by atomic mass is 79.9. The first-order chi connectivity index (χ1) is 9.10. The first-order valence-corrected chi connectivity index (χ1v) is 7.83. The average Bonchev–Trinajstić information content (AvgIpc) is 2.87. The highest BCUT2D eigenvalue weighted by Gasteiger charge is 2.07. The van der Waals surface area contributed by atoms with Crippen LogP contribution in [0.2, 0.25) is 0 Å². The lowest BCUT2D eigenvalue weighted by molar-refractivity contribution is 0.0951. The standard InChI is InChI=1S/C15H16BrNOS/c1-3-12-6-7-13(19-12)9-17-15(18)11-5-4-10(2)14(16)8-11/h4-8H,3,9H2,1-2H3,(H,17,18). The van der Waals surface area contributed by atoms with Crippen molar-refractivity contribution in [2.45, 2.75) is 26.8 Å². The second-order valence-electron chi connectivity index (χ2n) is 4.37. The summed E-state index contributed by atoms with van der Waals surface area (Å²) in [6, 6.07) is 9.85. The largest absolute Gasteiger partial charge is 0.347 e. The van der Waals surface area contributed by atoms with E-state index in [2.05, 4.69) is 40.3 Å². The summed E-state index contributed by atoms with van der Waals surface area (Å²) in [5, 5.41) is 2.95. The van der Waals surface area contributed by atoms with E-state index in [1.54, 1.807) is 11.3 Å². The van der Waals surface area contributed by atoms with Crippen molar-refractivity contribution in [1.82, 2.24) is 5.32 Å². The molecule has 2 aromatic rings. The Morgan fingerprint density at radius 2 is 2.00 bits per heavy atom. The van der Waals surface area contributed by atoms with Gasteiger partial charge in [0.2, 0.25) is 0 Å². The van der Waals surface area contributed by atoms with Crippen molar-refractivity contribution in [1.29, 1.82) is 0 Å². The Morgan fingerprint density at radius 1 is 1.26 bits per heavy atom. The van der Waals surface area contributed by atoms with Gasteiger partial charge in [-0.15, -0.1) is 11.3 Å². The second-order valence-corrected chi connectivity index (χ2v) is 6.48. The fourth-order valence-corrected chi connectivity index (χ4v) is 2.99. The third-order valence-corrected chi connectivity index (χ3v) is 5.01. The zero-order chi connectivity index (χ0) is 13.8. The van der Waals surface area contributed by atoms with Crippen LogP contribution < -0.4 is 5.32 Å². The number of hydrogen-bond donors (Lipinski definition) is 1. The average molecular weight is 338 g/mol. The summed E-state index contributed by atoms with van der Waals surface area (Å²) in [6.45, 7) is 4.73. The van der Waals surface area contributed by atoms with Gasteiger partial charge < -0.3 is 5.32 Å². The maximum atomic E-state index is 12.0. The van der Waals surface area contributed by atoms with E-state index in [0.717, 1.165) is 16.5 Å². The fraction of sp³-hybridized carbons (Fsp3) is 0.267. The van der Waals surface area contributed by atoms with Crippen LogP contribution >= 0.6 is 27.3 Å². The van der Waals surface area contributed by atoms with Crippen LogP contribution in [0.3, 0.4) is 0 Å². The molecule has 1 heterocycles. The number of halogens is 1. The molecule has 0 unspecified atom stereocenters. The number of benzene rings is 1. The van der Waals surface area contributed by atoms with E-state index >= 15 is 0 Å². The van der Waals surface area contributed by atoms with Crippen LogP contribution in [0.15, 0.2) is 34.8 Å². The van der Waals surface area contributed by atoms with Crippen molar-refractivity contribution in [2.24, 2.45) is 0 Å². The SMILES string of the molecule is CCc1ccc(CNC(=O)c2ccc(C)c(Br)c2)s1. The van der Waals surface area contributed by atoms with E-state index in [-0.39, 0.29) is 5.91 Å². The first kappa shape index (κ1) is 14.3. The van der Waals surface area contributed by atoms with Crippen LogP contribution in [-0.4, -0.2) is 5.91 Å². The lowest BCUT2D eigenvalue weighted by atomic mass is 10.1. The van der Waals surface area contributed by atoms with Crippen molar-refractivity contribution in [3.05, 3.63) is 55.7 Å². The molecule has 0 saturated heterocycles. The molecule has 1 amide bonds. The molecule has 4 heteroatoms. The number of amides is 1. The van der Waals surface area contributed by atoms with Crippen molar-refractivity contribution in [3.8, 4) is 0 Å². The van der Waals surface area contributed by atoms with Crippen molar-refractivity contribution in [3.63, 3.8) is 0 Å². The molecule has 0 spiro atoms. The first-order valence-electron chi connectivity index (χ1n) is 6.22. The molecule has 2 rings (SSSR count). The third kappa shape index (κ3) is 3.67. The quantitative estimate of drug-likeness (QED) is 0.884. The number of aryl methyl sites for hydroxylation is 2. The minimum Gasteiger partial charge on any atom is -0.347 e. The molecule has 0 aliphatic heterocycles. The number of nitrogens with one attached hydrogen (secondary N) is 1. The topological polar surface area (TPSA) is 29.1 Å². The smallest absolute Gasteiger partial charge is 0.251 e. The zero-order valence-electron chi connectivity index (χ0n) is 11.0. The Hall–Kier alpha value is -1.13. The van der Waals surface area contributed by atoms with Crippen LogP contribution in [0, 0.1) is 6.92 Å². The Bertz CT molecular complexity index is 592. The molecule has 0 saturated carbocycles. The molecule has 0 aliphatic carbocycles. The minimum atomic E-state index is -0.0350. The van der Waals surface area contributed by atoms with E-state index in [1.165, 1.54) is 9.75 Å². The van der Waals surface area contributed by atoms with Gasteiger partial charge in [-0.1, -0.05) is 28.9 Å². The molecule has 100 valence electrons. The number of carbonyl (C=O) groups is 1. The Kier molecular flexibility index (Phi) is 4.77. The number of hydrogen-bond acceptors (Lipinski definition) is 2. The number of thiophene rings is 1. The Labute approximate surface area is 126 Å². The lowest BCUT2D eigenvalue weighted by Gasteiger charge is -2.05. The predicted molar refractivity (Wildman–Crippen MR) is 83.7 cm³/mol. The highest BCUT2D eigenvalue weighted by molar-refractivity contribution is 9.10. The van der Waals surface area contributed by atoms with Gasteiger partial charge in [0.15, 0.2) is 0 Å². The van der Waals surface area contributed by atoms with E-state index in [1.807, 2.05) is 25.1 Å². The summed E-state index contributed by atoms with van der Waals surface area (Å²) in [5.41, 5.74) is 1.81.